The standard InChI is InChI=1S/C12H12N2/c1-8(2)12-10-5-4-9(3)6-11(10)13-7-14-12/h4-7H,1H2,2-3H3. The van der Waals surface area contributed by atoms with Gasteiger partial charge in [-0.2, -0.15) is 0 Å². The molecule has 0 radical (unpaired) electrons. The number of allylic oxidation sites excluding steroid dienone is 1. The van der Waals surface area contributed by atoms with Crippen molar-refractivity contribution in [2.24, 2.45) is 0 Å². The summed E-state index contributed by atoms with van der Waals surface area (Å²) >= 11 is 0. The second-order valence-corrected chi connectivity index (χ2v) is 3.52. The lowest BCUT2D eigenvalue weighted by Gasteiger charge is -2.04. The zero-order valence-corrected chi connectivity index (χ0v) is 8.41. The smallest absolute Gasteiger partial charge is 0.116 e. The second kappa shape index (κ2) is 3.22. The summed E-state index contributed by atoms with van der Waals surface area (Å²) in [5.41, 5.74) is 4.11. The number of aromatic nitrogens is 2. The summed E-state index contributed by atoms with van der Waals surface area (Å²) in [5, 5.41) is 1.07. The molecule has 0 aliphatic rings. The number of hydrogen-bond acceptors (Lipinski definition) is 2. The molecule has 0 N–H and O–H groups in total. The van der Waals surface area contributed by atoms with E-state index in [1.807, 2.05) is 6.92 Å². The molecule has 0 spiro atoms. The predicted molar refractivity (Wildman–Crippen MR) is 59.0 cm³/mol. The Hall–Kier alpha value is -1.70. The minimum atomic E-state index is 0.940. The monoisotopic (exact) mass is 184 g/mol. The van der Waals surface area contributed by atoms with Crippen molar-refractivity contribution in [2.45, 2.75) is 13.8 Å². The van der Waals surface area contributed by atoms with Crippen molar-refractivity contribution < 1.29 is 0 Å². The second-order valence-electron chi connectivity index (χ2n) is 3.52. The highest BCUT2D eigenvalue weighted by Crippen LogP contribution is 2.20. The van der Waals surface area contributed by atoms with Crippen LogP contribution in [0.15, 0.2) is 31.1 Å². The van der Waals surface area contributed by atoms with Crippen molar-refractivity contribution >= 4 is 16.5 Å². The van der Waals surface area contributed by atoms with Crippen LogP contribution in [0.5, 0.6) is 0 Å². The van der Waals surface area contributed by atoms with Crippen LogP contribution < -0.4 is 0 Å². The van der Waals surface area contributed by atoms with Crippen molar-refractivity contribution in [1.29, 1.82) is 0 Å². The summed E-state index contributed by atoms with van der Waals surface area (Å²) in [6.45, 7) is 7.93. The number of hydrogen-bond donors (Lipinski definition) is 0. The average molecular weight is 184 g/mol. The van der Waals surface area contributed by atoms with Gasteiger partial charge in [0.25, 0.3) is 0 Å². The van der Waals surface area contributed by atoms with E-state index in [9.17, 15) is 0 Å². The van der Waals surface area contributed by atoms with Gasteiger partial charge in [0.2, 0.25) is 0 Å². The normalized spacial score (nSPS) is 10.4. The fourth-order valence-electron chi connectivity index (χ4n) is 1.51. The molecule has 14 heavy (non-hydrogen) atoms. The molecule has 0 saturated heterocycles. The van der Waals surface area contributed by atoms with Crippen LogP contribution in [0.2, 0.25) is 0 Å². The fraction of sp³-hybridized carbons (Fsp3) is 0.167. The third-order valence-corrected chi connectivity index (χ3v) is 2.20. The highest BCUT2D eigenvalue weighted by atomic mass is 14.8. The van der Waals surface area contributed by atoms with Gasteiger partial charge in [0.1, 0.15) is 6.33 Å². The Labute approximate surface area is 83.3 Å². The van der Waals surface area contributed by atoms with E-state index >= 15 is 0 Å². The summed E-state index contributed by atoms with van der Waals surface area (Å²) < 4.78 is 0. The topological polar surface area (TPSA) is 25.8 Å². The number of benzene rings is 1. The van der Waals surface area contributed by atoms with Crippen molar-refractivity contribution in [3.05, 3.63) is 42.4 Å². The van der Waals surface area contributed by atoms with Crippen LogP contribution in [0.1, 0.15) is 18.2 Å². The molecule has 1 aromatic heterocycles. The first-order valence-electron chi connectivity index (χ1n) is 4.56. The average Bonchev–Trinajstić information content (AvgIpc) is 2.16. The van der Waals surface area contributed by atoms with Gasteiger partial charge in [0.05, 0.1) is 11.2 Å². The lowest BCUT2D eigenvalue weighted by molar-refractivity contribution is 1.19. The van der Waals surface area contributed by atoms with Crippen molar-refractivity contribution in [2.75, 3.05) is 0 Å². The van der Waals surface area contributed by atoms with Crippen LogP contribution in [0.3, 0.4) is 0 Å². The van der Waals surface area contributed by atoms with Gasteiger partial charge < -0.3 is 0 Å². The van der Waals surface area contributed by atoms with E-state index < -0.39 is 0 Å². The zero-order valence-electron chi connectivity index (χ0n) is 8.41. The minimum absolute atomic E-state index is 0.940. The molecule has 2 rings (SSSR count). The van der Waals surface area contributed by atoms with E-state index in [1.54, 1.807) is 6.33 Å². The van der Waals surface area contributed by atoms with E-state index in [2.05, 4.69) is 41.7 Å². The summed E-state index contributed by atoms with van der Waals surface area (Å²) in [5.74, 6) is 0. The quantitative estimate of drug-likeness (QED) is 0.681. The molecule has 0 fully saturated rings. The van der Waals surface area contributed by atoms with E-state index in [0.29, 0.717) is 0 Å². The van der Waals surface area contributed by atoms with Crippen molar-refractivity contribution in [1.82, 2.24) is 9.97 Å². The molecule has 70 valence electrons. The number of rotatable bonds is 1. The molecule has 2 heteroatoms. The van der Waals surface area contributed by atoms with Gasteiger partial charge in [-0.15, -0.1) is 0 Å². The van der Waals surface area contributed by atoms with E-state index in [-0.39, 0.29) is 0 Å². The van der Waals surface area contributed by atoms with Gasteiger partial charge in [-0.05, 0) is 31.1 Å². The number of aryl methyl sites for hydroxylation is 1. The Kier molecular flexibility index (Phi) is 2.04. The Morgan fingerprint density at radius 2 is 2.07 bits per heavy atom. The van der Waals surface area contributed by atoms with Gasteiger partial charge in [-0.3, -0.25) is 0 Å². The Bertz CT molecular complexity index is 501. The third kappa shape index (κ3) is 1.39. The first-order chi connectivity index (χ1) is 6.68. The van der Waals surface area contributed by atoms with Gasteiger partial charge in [0.15, 0.2) is 0 Å². The largest absolute Gasteiger partial charge is 0.236 e. The molecule has 0 saturated carbocycles. The Balaban J connectivity index is 2.81. The first-order valence-corrected chi connectivity index (χ1v) is 4.56. The fourth-order valence-corrected chi connectivity index (χ4v) is 1.51. The van der Waals surface area contributed by atoms with Crippen LogP contribution in [-0.2, 0) is 0 Å². The molecule has 0 atom stereocenters. The molecule has 0 aliphatic heterocycles. The van der Waals surface area contributed by atoms with Gasteiger partial charge >= 0.3 is 0 Å². The molecule has 0 aliphatic carbocycles. The maximum absolute atomic E-state index is 4.23. The molecular weight excluding hydrogens is 172 g/mol. The summed E-state index contributed by atoms with van der Waals surface area (Å²) in [6, 6.07) is 6.18. The molecule has 1 aromatic carbocycles. The lowest BCUT2D eigenvalue weighted by atomic mass is 10.1. The molecule has 2 aromatic rings. The minimum Gasteiger partial charge on any atom is -0.236 e. The van der Waals surface area contributed by atoms with Crippen molar-refractivity contribution in [3.8, 4) is 0 Å². The van der Waals surface area contributed by atoms with Crippen LogP contribution in [0.25, 0.3) is 16.5 Å². The van der Waals surface area contributed by atoms with Crippen molar-refractivity contribution in [3.63, 3.8) is 0 Å². The Morgan fingerprint density at radius 3 is 2.79 bits per heavy atom. The highest BCUT2D eigenvalue weighted by molar-refractivity contribution is 5.88. The molecule has 2 nitrogen and oxygen atoms in total. The lowest BCUT2D eigenvalue weighted by Crippen LogP contribution is -1.90. The third-order valence-electron chi connectivity index (χ3n) is 2.20. The first kappa shape index (κ1) is 8.88. The van der Waals surface area contributed by atoms with Crippen LogP contribution in [0.4, 0.5) is 0 Å². The maximum Gasteiger partial charge on any atom is 0.116 e. The van der Waals surface area contributed by atoms with E-state index in [1.165, 1.54) is 5.56 Å². The van der Waals surface area contributed by atoms with Gasteiger partial charge in [0, 0.05) is 5.39 Å². The van der Waals surface area contributed by atoms with Crippen LogP contribution in [-0.4, -0.2) is 9.97 Å². The van der Waals surface area contributed by atoms with E-state index in [0.717, 1.165) is 22.2 Å². The van der Waals surface area contributed by atoms with Gasteiger partial charge in [-0.1, -0.05) is 18.7 Å². The maximum atomic E-state index is 4.23. The summed E-state index contributed by atoms with van der Waals surface area (Å²) in [6.07, 6.45) is 1.59. The summed E-state index contributed by atoms with van der Waals surface area (Å²) in [7, 11) is 0. The zero-order chi connectivity index (χ0) is 10.1. The molecule has 0 amide bonds. The molecule has 1 heterocycles. The van der Waals surface area contributed by atoms with Crippen LogP contribution in [0, 0.1) is 6.92 Å². The predicted octanol–water partition coefficient (Wildman–Crippen LogP) is 2.97. The summed E-state index contributed by atoms with van der Waals surface area (Å²) in [4.78, 5) is 8.46. The Morgan fingerprint density at radius 1 is 1.29 bits per heavy atom. The van der Waals surface area contributed by atoms with Gasteiger partial charge in [-0.25, -0.2) is 9.97 Å². The van der Waals surface area contributed by atoms with E-state index in [4.69, 9.17) is 0 Å². The molecule has 0 bridgehead atoms. The number of fused-ring (bicyclic) bond motifs is 1. The highest BCUT2D eigenvalue weighted by Gasteiger charge is 2.03. The molecule has 0 unspecified atom stereocenters. The molecular formula is C12H12N2. The SMILES string of the molecule is C=C(C)c1ncnc2cc(C)ccc12. The van der Waals surface area contributed by atoms with Crippen LogP contribution >= 0.6 is 0 Å². The number of nitrogens with zero attached hydrogens (tertiary/aromatic N) is 2.